The zero-order valence-corrected chi connectivity index (χ0v) is 17.1. The van der Waals surface area contributed by atoms with Gasteiger partial charge < -0.3 is 14.5 Å². The van der Waals surface area contributed by atoms with E-state index in [1.807, 2.05) is 37.3 Å². The molecule has 6 heteroatoms. The molecule has 0 radical (unpaired) electrons. The van der Waals surface area contributed by atoms with Gasteiger partial charge in [-0.05, 0) is 71.3 Å². The van der Waals surface area contributed by atoms with Crippen molar-refractivity contribution in [1.29, 1.82) is 0 Å². The second-order valence-corrected chi connectivity index (χ2v) is 8.15. The van der Waals surface area contributed by atoms with Gasteiger partial charge in [0.1, 0.15) is 11.4 Å². The van der Waals surface area contributed by atoms with E-state index in [-0.39, 0.29) is 11.4 Å². The van der Waals surface area contributed by atoms with Gasteiger partial charge in [0.2, 0.25) is 0 Å². The molecule has 6 nitrogen and oxygen atoms in total. The van der Waals surface area contributed by atoms with Gasteiger partial charge in [-0.2, -0.15) is 5.10 Å². The standard InChI is InChI=1S/C22H30N4O2/c1-4-28-19-10-6-5-9-16(19)17-15-18(24-23-17)21(27)26-14-7-11-20-22(26,2)12-8-13-25(20)3/h5-6,9-10,15,20H,4,7-8,11-14H2,1-3H3,(H,23,24)/t20-,22-/m0/s1. The molecule has 3 heterocycles. The lowest BCUT2D eigenvalue weighted by molar-refractivity contribution is -0.0348. The van der Waals surface area contributed by atoms with Gasteiger partial charge in [0, 0.05) is 18.2 Å². The molecule has 2 aromatic rings. The Morgan fingerprint density at radius 3 is 2.96 bits per heavy atom. The number of H-pyrrole nitrogens is 1. The summed E-state index contributed by atoms with van der Waals surface area (Å²) in [5.74, 6) is 0.838. The Kier molecular flexibility index (Phi) is 5.15. The molecule has 2 saturated heterocycles. The van der Waals surface area contributed by atoms with Crippen molar-refractivity contribution in [1.82, 2.24) is 20.0 Å². The van der Waals surface area contributed by atoms with Gasteiger partial charge in [0.05, 0.1) is 17.8 Å². The Balaban J connectivity index is 1.61. The summed E-state index contributed by atoms with van der Waals surface area (Å²) in [6.07, 6.45) is 4.39. The lowest BCUT2D eigenvalue weighted by Crippen LogP contribution is -2.66. The third-order valence-electron chi connectivity index (χ3n) is 6.44. The Bertz CT molecular complexity index is 849. The molecule has 2 aliphatic rings. The number of piperidine rings is 2. The van der Waals surface area contributed by atoms with Crippen molar-refractivity contribution in [2.75, 3.05) is 26.7 Å². The van der Waals surface area contributed by atoms with Gasteiger partial charge in [-0.25, -0.2) is 0 Å². The predicted molar refractivity (Wildman–Crippen MR) is 110 cm³/mol. The molecule has 28 heavy (non-hydrogen) atoms. The molecule has 1 aromatic heterocycles. The van der Waals surface area contributed by atoms with Crippen LogP contribution in [0.15, 0.2) is 30.3 Å². The van der Waals surface area contributed by atoms with Gasteiger partial charge in [-0.3, -0.25) is 9.89 Å². The van der Waals surface area contributed by atoms with Gasteiger partial charge >= 0.3 is 0 Å². The van der Waals surface area contributed by atoms with E-state index in [4.69, 9.17) is 4.74 Å². The van der Waals surface area contributed by atoms with E-state index in [9.17, 15) is 4.79 Å². The van der Waals surface area contributed by atoms with E-state index >= 15 is 0 Å². The number of para-hydroxylation sites is 1. The summed E-state index contributed by atoms with van der Waals surface area (Å²) in [6.45, 7) is 6.74. The largest absolute Gasteiger partial charge is 0.493 e. The van der Waals surface area contributed by atoms with Crippen LogP contribution in [-0.4, -0.2) is 64.2 Å². The second-order valence-electron chi connectivity index (χ2n) is 8.15. The van der Waals surface area contributed by atoms with Crippen LogP contribution in [0.4, 0.5) is 0 Å². The maximum absolute atomic E-state index is 13.4. The number of carbonyl (C=O) groups is 1. The molecule has 2 aliphatic heterocycles. The summed E-state index contributed by atoms with van der Waals surface area (Å²) >= 11 is 0. The number of likely N-dealkylation sites (tertiary alicyclic amines) is 2. The second kappa shape index (κ2) is 7.59. The van der Waals surface area contributed by atoms with Crippen LogP contribution in [0.3, 0.4) is 0 Å². The minimum atomic E-state index is -0.114. The highest BCUT2D eigenvalue weighted by Crippen LogP contribution is 2.39. The van der Waals surface area contributed by atoms with Crippen molar-refractivity contribution in [3.63, 3.8) is 0 Å². The lowest BCUT2D eigenvalue weighted by atomic mass is 9.76. The number of hydrogen-bond acceptors (Lipinski definition) is 4. The Morgan fingerprint density at radius 1 is 1.32 bits per heavy atom. The highest BCUT2D eigenvalue weighted by atomic mass is 16.5. The van der Waals surface area contributed by atoms with Crippen LogP contribution in [0.2, 0.25) is 0 Å². The van der Waals surface area contributed by atoms with Crippen molar-refractivity contribution in [2.24, 2.45) is 0 Å². The Morgan fingerprint density at radius 2 is 2.14 bits per heavy atom. The van der Waals surface area contributed by atoms with Gasteiger partial charge in [-0.15, -0.1) is 0 Å². The molecule has 0 saturated carbocycles. The average Bonchev–Trinajstić information content (AvgIpc) is 3.18. The fraction of sp³-hybridized carbons (Fsp3) is 0.545. The molecule has 2 fully saturated rings. The predicted octanol–water partition coefficient (Wildman–Crippen LogP) is 3.56. The van der Waals surface area contributed by atoms with E-state index in [0.29, 0.717) is 18.3 Å². The Labute approximate surface area is 166 Å². The smallest absolute Gasteiger partial charge is 0.272 e. The molecule has 1 aromatic carbocycles. The van der Waals surface area contributed by atoms with Gasteiger partial charge in [0.15, 0.2) is 0 Å². The van der Waals surface area contributed by atoms with E-state index < -0.39 is 0 Å². The third kappa shape index (κ3) is 3.20. The van der Waals surface area contributed by atoms with Crippen LogP contribution in [0, 0.1) is 0 Å². The third-order valence-corrected chi connectivity index (χ3v) is 6.44. The summed E-state index contributed by atoms with van der Waals surface area (Å²) in [7, 11) is 2.19. The summed E-state index contributed by atoms with van der Waals surface area (Å²) in [4.78, 5) is 17.9. The molecule has 0 unspecified atom stereocenters. The first-order valence-corrected chi connectivity index (χ1v) is 10.3. The van der Waals surface area contributed by atoms with Crippen molar-refractivity contribution in [2.45, 2.75) is 51.1 Å². The zero-order chi connectivity index (χ0) is 19.7. The normalized spacial score (nSPS) is 25.4. The zero-order valence-electron chi connectivity index (χ0n) is 17.1. The quantitative estimate of drug-likeness (QED) is 0.878. The molecule has 1 amide bonds. The molecule has 4 rings (SSSR count). The van der Waals surface area contributed by atoms with Crippen molar-refractivity contribution >= 4 is 5.91 Å². The first-order valence-electron chi connectivity index (χ1n) is 10.3. The van der Waals surface area contributed by atoms with Crippen molar-refractivity contribution in [3.8, 4) is 17.0 Å². The average molecular weight is 383 g/mol. The van der Waals surface area contributed by atoms with E-state index in [0.717, 1.165) is 55.8 Å². The van der Waals surface area contributed by atoms with Crippen molar-refractivity contribution in [3.05, 3.63) is 36.0 Å². The van der Waals surface area contributed by atoms with Crippen LogP contribution in [0.5, 0.6) is 5.75 Å². The highest BCUT2D eigenvalue weighted by molar-refractivity contribution is 5.94. The van der Waals surface area contributed by atoms with Crippen LogP contribution < -0.4 is 4.74 Å². The molecule has 0 spiro atoms. The van der Waals surface area contributed by atoms with E-state index in [1.165, 1.54) is 0 Å². The van der Waals surface area contributed by atoms with E-state index in [1.54, 1.807) is 0 Å². The number of aromatic nitrogens is 2. The first kappa shape index (κ1) is 19.0. The number of nitrogens with zero attached hydrogens (tertiary/aromatic N) is 3. The molecule has 2 atom stereocenters. The number of carbonyl (C=O) groups excluding carboxylic acids is 1. The SMILES string of the molecule is CCOc1ccccc1-c1cc(C(=O)N2CCC[C@@H]3N(C)CCC[C@@]32C)[nH]n1. The Hall–Kier alpha value is -2.34. The highest BCUT2D eigenvalue weighted by Gasteiger charge is 2.48. The van der Waals surface area contributed by atoms with E-state index in [2.05, 4.69) is 34.0 Å². The minimum absolute atomic E-state index is 0.0511. The van der Waals surface area contributed by atoms with Gasteiger partial charge in [0.25, 0.3) is 5.91 Å². The number of likely N-dealkylation sites (N-methyl/N-ethyl adjacent to an activating group) is 1. The van der Waals surface area contributed by atoms with Crippen LogP contribution in [0.25, 0.3) is 11.3 Å². The van der Waals surface area contributed by atoms with Crippen LogP contribution in [-0.2, 0) is 0 Å². The topological polar surface area (TPSA) is 61.5 Å². The fourth-order valence-electron chi connectivity index (χ4n) is 5.04. The number of benzene rings is 1. The molecule has 0 aliphatic carbocycles. The van der Waals surface area contributed by atoms with Gasteiger partial charge in [-0.1, -0.05) is 12.1 Å². The molecule has 1 N–H and O–H groups in total. The summed E-state index contributed by atoms with van der Waals surface area (Å²) in [6, 6.07) is 10.1. The molecular weight excluding hydrogens is 352 g/mol. The maximum atomic E-state index is 13.4. The first-order chi connectivity index (χ1) is 13.5. The number of amides is 1. The molecule has 150 valence electrons. The summed E-state index contributed by atoms with van der Waals surface area (Å²) in [5.41, 5.74) is 2.08. The number of nitrogens with one attached hydrogen (secondary N) is 1. The fourth-order valence-corrected chi connectivity index (χ4v) is 5.04. The van der Waals surface area contributed by atoms with Crippen LogP contribution >= 0.6 is 0 Å². The summed E-state index contributed by atoms with van der Waals surface area (Å²) in [5, 5.41) is 7.41. The maximum Gasteiger partial charge on any atom is 0.272 e. The minimum Gasteiger partial charge on any atom is -0.493 e. The number of fused-ring (bicyclic) bond motifs is 1. The molecule has 0 bridgehead atoms. The number of rotatable bonds is 4. The lowest BCUT2D eigenvalue weighted by Gasteiger charge is -2.55. The van der Waals surface area contributed by atoms with Crippen molar-refractivity contribution < 1.29 is 9.53 Å². The number of aromatic amines is 1. The monoisotopic (exact) mass is 382 g/mol. The van der Waals surface area contributed by atoms with Crippen LogP contribution in [0.1, 0.15) is 50.0 Å². The number of ether oxygens (including phenoxy) is 1. The number of hydrogen-bond donors (Lipinski definition) is 1. The molecular formula is C22H30N4O2. The summed E-state index contributed by atoms with van der Waals surface area (Å²) < 4.78 is 5.72.